The van der Waals surface area contributed by atoms with Crippen LogP contribution in [0.2, 0.25) is 0 Å². The lowest BCUT2D eigenvalue weighted by molar-refractivity contribution is 0.487. The van der Waals surface area contributed by atoms with Gasteiger partial charge in [-0.05, 0) is 54.4 Å². The first kappa shape index (κ1) is 14.5. The van der Waals surface area contributed by atoms with Crippen LogP contribution >= 0.6 is 7.92 Å². The summed E-state index contributed by atoms with van der Waals surface area (Å²) in [6.07, 6.45) is 14.2. The van der Waals surface area contributed by atoms with Crippen molar-refractivity contribution >= 4 is 13.2 Å². The highest BCUT2D eigenvalue weighted by Crippen LogP contribution is 2.54. The predicted octanol–water partition coefficient (Wildman–Crippen LogP) is 5.60. The van der Waals surface area contributed by atoms with Crippen LogP contribution in [-0.4, -0.2) is 11.3 Å². The van der Waals surface area contributed by atoms with Gasteiger partial charge in [0.25, 0.3) is 0 Å². The molecular formula is C18H26FP. The minimum atomic E-state index is -0.0870. The molecule has 2 fully saturated rings. The van der Waals surface area contributed by atoms with Crippen LogP contribution in [0.3, 0.4) is 0 Å². The third kappa shape index (κ3) is 3.42. The van der Waals surface area contributed by atoms with Crippen molar-refractivity contribution in [2.45, 2.75) is 75.5 Å². The molecule has 3 rings (SSSR count). The largest absolute Gasteiger partial charge is 0.207 e. The Morgan fingerprint density at radius 2 is 1.15 bits per heavy atom. The van der Waals surface area contributed by atoms with Crippen molar-refractivity contribution in [1.82, 2.24) is 0 Å². The van der Waals surface area contributed by atoms with Gasteiger partial charge in [0.2, 0.25) is 0 Å². The molecule has 0 N–H and O–H groups in total. The standard InChI is InChI=1S/C18H26FP/c19-15-11-13-18(14-12-15)20(16-7-3-1-4-8-16)17-9-5-2-6-10-17/h11-14,16-17H,1-10H2. The fourth-order valence-corrected chi connectivity index (χ4v) is 7.83. The van der Waals surface area contributed by atoms with Gasteiger partial charge in [0.05, 0.1) is 0 Å². The Labute approximate surface area is 123 Å². The summed E-state index contributed by atoms with van der Waals surface area (Å²) >= 11 is 0. The molecular weight excluding hydrogens is 266 g/mol. The SMILES string of the molecule is Fc1ccc(P(C2CCCCC2)C2CCCCC2)cc1. The van der Waals surface area contributed by atoms with E-state index < -0.39 is 0 Å². The first-order valence-corrected chi connectivity index (χ1v) is 9.86. The summed E-state index contributed by atoms with van der Waals surface area (Å²) in [6, 6.07) is 7.53. The average molecular weight is 292 g/mol. The molecule has 0 aromatic heterocycles. The molecule has 0 atom stereocenters. The van der Waals surface area contributed by atoms with Gasteiger partial charge in [-0.3, -0.25) is 0 Å². The van der Waals surface area contributed by atoms with Crippen molar-refractivity contribution < 1.29 is 4.39 Å². The zero-order valence-electron chi connectivity index (χ0n) is 12.4. The van der Waals surface area contributed by atoms with Crippen LogP contribution in [0.4, 0.5) is 4.39 Å². The minimum absolute atomic E-state index is 0.0712. The summed E-state index contributed by atoms with van der Waals surface area (Å²) < 4.78 is 13.2. The first-order valence-electron chi connectivity index (χ1n) is 8.38. The molecule has 20 heavy (non-hydrogen) atoms. The predicted molar refractivity (Wildman–Crippen MR) is 86.7 cm³/mol. The number of halogens is 1. The van der Waals surface area contributed by atoms with E-state index in [-0.39, 0.29) is 13.7 Å². The van der Waals surface area contributed by atoms with E-state index in [1.807, 2.05) is 0 Å². The summed E-state index contributed by atoms with van der Waals surface area (Å²) in [5.41, 5.74) is 1.82. The molecule has 0 amide bonds. The zero-order valence-corrected chi connectivity index (χ0v) is 13.3. The summed E-state index contributed by atoms with van der Waals surface area (Å²) in [4.78, 5) is 0. The van der Waals surface area contributed by atoms with Gasteiger partial charge in [-0.1, -0.05) is 58.6 Å². The molecule has 0 aliphatic heterocycles. The fourth-order valence-electron chi connectivity index (χ4n) is 4.05. The van der Waals surface area contributed by atoms with E-state index in [0.717, 1.165) is 11.3 Å². The average Bonchev–Trinajstić information content (AvgIpc) is 2.52. The van der Waals surface area contributed by atoms with Crippen molar-refractivity contribution in [3.05, 3.63) is 30.1 Å². The van der Waals surface area contributed by atoms with Gasteiger partial charge in [0, 0.05) is 0 Å². The lowest BCUT2D eigenvalue weighted by atomic mass is 9.99. The van der Waals surface area contributed by atoms with E-state index in [9.17, 15) is 4.39 Å². The summed E-state index contributed by atoms with van der Waals surface area (Å²) in [6.45, 7) is 0. The quantitative estimate of drug-likeness (QED) is 0.636. The summed E-state index contributed by atoms with van der Waals surface area (Å²) in [5.74, 6) is -0.0870. The molecule has 0 bridgehead atoms. The van der Waals surface area contributed by atoms with Crippen molar-refractivity contribution in [1.29, 1.82) is 0 Å². The van der Waals surface area contributed by atoms with E-state index in [1.165, 1.54) is 69.5 Å². The maximum Gasteiger partial charge on any atom is 0.123 e. The molecule has 0 nitrogen and oxygen atoms in total. The highest BCUT2D eigenvalue weighted by atomic mass is 31.1. The van der Waals surface area contributed by atoms with Gasteiger partial charge in [0.15, 0.2) is 0 Å². The minimum Gasteiger partial charge on any atom is -0.207 e. The van der Waals surface area contributed by atoms with E-state index in [0.29, 0.717) is 0 Å². The van der Waals surface area contributed by atoms with Crippen molar-refractivity contribution in [2.24, 2.45) is 0 Å². The Balaban J connectivity index is 1.83. The number of benzene rings is 1. The van der Waals surface area contributed by atoms with Crippen LogP contribution in [0.5, 0.6) is 0 Å². The summed E-state index contributed by atoms with van der Waals surface area (Å²) in [7, 11) is -0.0712. The topological polar surface area (TPSA) is 0 Å². The highest BCUT2D eigenvalue weighted by Gasteiger charge is 2.32. The molecule has 2 aliphatic rings. The molecule has 0 radical (unpaired) electrons. The maximum atomic E-state index is 13.2. The Hall–Kier alpha value is -0.420. The Bertz CT molecular complexity index is 384. The Morgan fingerprint density at radius 1 is 0.700 bits per heavy atom. The molecule has 0 spiro atoms. The molecule has 2 aliphatic carbocycles. The van der Waals surface area contributed by atoms with E-state index in [1.54, 1.807) is 12.1 Å². The fraction of sp³-hybridized carbons (Fsp3) is 0.667. The van der Waals surface area contributed by atoms with E-state index >= 15 is 0 Å². The second kappa shape index (κ2) is 7.03. The third-order valence-corrected chi connectivity index (χ3v) is 8.56. The first-order chi connectivity index (χ1) is 9.84. The number of hydrogen-bond acceptors (Lipinski definition) is 0. The van der Waals surface area contributed by atoms with Gasteiger partial charge < -0.3 is 0 Å². The highest BCUT2D eigenvalue weighted by molar-refractivity contribution is 7.67. The molecule has 2 heteroatoms. The van der Waals surface area contributed by atoms with Gasteiger partial charge >= 0.3 is 0 Å². The van der Waals surface area contributed by atoms with Gasteiger partial charge in [-0.15, -0.1) is 0 Å². The molecule has 2 saturated carbocycles. The van der Waals surface area contributed by atoms with Crippen LogP contribution in [0.1, 0.15) is 64.2 Å². The summed E-state index contributed by atoms with van der Waals surface area (Å²) in [5, 5.41) is 1.47. The van der Waals surface area contributed by atoms with Crippen molar-refractivity contribution in [3.63, 3.8) is 0 Å². The van der Waals surface area contributed by atoms with Crippen LogP contribution in [0.15, 0.2) is 24.3 Å². The molecule has 1 aromatic rings. The van der Waals surface area contributed by atoms with Gasteiger partial charge in [0.1, 0.15) is 5.82 Å². The molecule has 0 saturated heterocycles. The van der Waals surface area contributed by atoms with Crippen LogP contribution in [-0.2, 0) is 0 Å². The third-order valence-electron chi connectivity index (χ3n) is 5.06. The molecule has 0 unspecified atom stereocenters. The van der Waals surface area contributed by atoms with E-state index in [2.05, 4.69) is 12.1 Å². The lowest BCUT2D eigenvalue weighted by Gasteiger charge is -2.38. The molecule has 1 aromatic carbocycles. The van der Waals surface area contributed by atoms with Crippen LogP contribution < -0.4 is 5.30 Å². The smallest absolute Gasteiger partial charge is 0.123 e. The Kier molecular flexibility index (Phi) is 5.10. The Morgan fingerprint density at radius 3 is 1.60 bits per heavy atom. The van der Waals surface area contributed by atoms with Gasteiger partial charge in [-0.2, -0.15) is 0 Å². The van der Waals surface area contributed by atoms with E-state index in [4.69, 9.17) is 0 Å². The monoisotopic (exact) mass is 292 g/mol. The zero-order chi connectivity index (χ0) is 13.8. The lowest BCUT2D eigenvalue weighted by Crippen LogP contribution is -2.26. The normalized spacial score (nSPS) is 22.3. The number of rotatable bonds is 3. The van der Waals surface area contributed by atoms with Gasteiger partial charge in [-0.25, -0.2) is 4.39 Å². The van der Waals surface area contributed by atoms with Crippen LogP contribution in [0, 0.1) is 5.82 Å². The number of hydrogen-bond donors (Lipinski definition) is 0. The second-order valence-electron chi connectivity index (χ2n) is 6.47. The second-order valence-corrected chi connectivity index (χ2v) is 9.26. The molecule has 110 valence electrons. The van der Waals surface area contributed by atoms with Crippen molar-refractivity contribution in [3.8, 4) is 0 Å². The maximum absolute atomic E-state index is 13.2. The molecule has 0 heterocycles. The van der Waals surface area contributed by atoms with Crippen molar-refractivity contribution in [2.75, 3.05) is 0 Å². The van der Waals surface area contributed by atoms with Crippen LogP contribution in [0.25, 0.3) is 0 Å².